The summed E-state index contributed by atoms with van der Waals surface area (Å²) in [7, 11) is 3.30. The fraction of sp³-hybridized carbons (Fsp3) is 0.641. The Kier molecular flexibility index (Phi) is 16.0. The summed E-state index contributed by atoms with van der Waals surface area (Å²) in [6.07, 6.45) is 5.73. The van der Waals surface area contributed by atoms with Crippen LogP contribution in [0.5, 0.6) is 11.5 Å². The Balaban J connectivity index is 1.85. The molecule has 0 aliphatic carbocycles. The van der Waals surface area contributed by atoms with Gasteiger partial charge in [0.25, 0.3) is 0 Å². The van der Waals surface area contributed by atoms with Crippen LogP contribution >= 0.6 is 0 Å². The van der Waals surface area contributed by atoms with Crippen LogP contribution in [0.15, 0.2) is 42.7 Å². The summed E-state index contributed by atoms with van der Waals surface area (Å²) in [4.78, 5) is 45.0. The lowest BCUT2D eigenvalue weighted by molar-refractivity contribution is -0.129. The van der Waals surface area contributed by atoms with Gasteiger partial charge in [0.15, 0.2) is 11.5 Å². The molecule has 0 saturated carbocycles. The van der Waals surface area contributed by atoms with E-state index < -0.39 is 17.4 Å². The van der Waals surface area contributed by atoms with Crippen molar-refractivity contribution in [1.82, 2.24) is 9.88 Å². The highest BCUT2D eigenvalue weighted by atomic mass is 16.6. The van der Waals surface area contributed by atoms with Crippen molar-refractivity contribution in [3.05, 3.63) is 53.9 Å². The fourth-order valence-electron chi connectivity index (χ4n) is 6.31. The maximum atomic E-state index is 13.6. The standard InChI is InChI=1S/C39H59N3O8/c1-26(2)30(19-28-12-13-34(47-8)36(20-28)48-18-10-17-46-7)21-32-35(22-31(27(3)4)33(43)14-15-39(5,6)37(40)44)50-25-42(32)38(45)49-24-29-11-9-16-41-23-29/h9,11-13,16,20,23,26-27,30-32,35H,10,14-15,17-19,21-22,24-25H2,1-8H3,(H2,40,44)/t30-,31-,32-,35-/m0/s1. The Hall–Kier alpha value is -3.70. The predicted octanol–water partition coefficient (Wildman–Crippen LogP) is 6.60. The number of rotatable bonds is 21. The molecule has 4 atom stereocenters. The third-order valence-corrected chi connectivity index (χ3v) is 9.91. The molecule has 11 nitrogen and oxygen atoms in total. The van der Waals surface area contributed by atoms with Crippen molar-refractivity contribution in [2.24, 2.45) is 34.8 Å². The molecule has 1 aliphatic rings. The number of ether oxygens (including phenoxy) is 5. The van der Waals surface area contributed by atoms with Crippen LogP contribution in [-0.4, -0.2) is 74.0 Å². The van der Waals surface area contributed by atoms with Crippen LogP contribution in [0.1, 0.15) is 84.8 Å². The van der Waals surface area contributed by atoms with Crippen molar-refractivity contribution >= 4 is 17.8 Å². The molecule has 1 aromatic heterocycles. The van der Waals surface area contributed by atoms with E-state index in [1.807, 2.05) is 32.0 Å². The highest BCUT2D eigenvalue weighted by molar-refractivity contribution is 5.84. The summed E-state index contributed by atoms with van der Waals surface area (Å²) in [6, 6.07) is 9.36. The number of amides is 2. The number of nitrogens with zero attached hydrogens (tertiary/aromatic N) is 2. The van der Waals surface area contributed by atoms with E-state index in [-0.39, 0.29) is 61.4 Å². The molecule has 2 heterocycles. The van der Waals surface area contributed by atoms with E-state index in [2.05, 4.69) is 24.9 Å². The van der Waals surface area contributed by atoms with Gasteiger partial charge in [0.05, 0.1) is 25.9 Å². The monoisotopic (exact) mass is 697 g/mol. The molecule has 2 N–H and O–H groups in total. The van der Waals surface area contributed by atoms with E-state index in [0.29, 0.717) is 44.0 Å². The van der Waals surface area contributed by atoms with E-state index >= 15 is 0 Å². The Bertz CT molecular complexity index is 1370. The third-order valence-electron chi connectivity index (χ3n) is 9.91. The lowest BCUT2D eigenvalue weighted by atomic mass is 9.78. The molecule has 0 bridgehead atoms. The third kappa shape index (κ3) is 12.0. The number of nitrogens with two attached hydrogens (primary N) is 1. The van der Waals surface area contributed by atoms with E-state index in [9.17, 15) is 14.4 Å². The SMILES string of the molecule is COCCCOc1cc(C[C@@H](C[C@H]2[C@H](C[C@H](C(=O)CCC(C)(C)C(N)=O)C(C)C)OCN2C(=O)OCc2cccnc2)C(C)C)ccc1OC. The van der Waals surface area contributed by atoms with Gasteiger partial charge < -0.3 is 29.4 Å². The molecule has 278 valence electrons. The minimum atomic E-state index is -0.779. The molecule has 11 heteroatoms. The molecule has 0 spiro atoms. The molecule has 0 radical (unpaired) electrons. The van der Waals surface area contributed by atoms with Crippen molar-refractivity contribution < 1.29 is 38.1 Å². The average Bonchev–Trinajstić information content (AvgIpc) is 3.48. The smallest absolute Gasteiger partial charge is 0.412 e. The van der Waals surface area contributed by atoms with Crippen molar-refractivity contribution in [1.29, 1.82) is 0 Å². The number of methoxy groups -OCH3 is 2. The first-order chi connectivity index (χ1) is 23.8. The average molecular weight is 698 g/mol. The Morgan fingerprint density at radius 2 is 1.78 bits per heavy atom. The Morgan fingerprint density at radius 1 is 1.02 bits per heavy atom. The van der Waals surface area contributed by atoms with Gasteiger partial charge in [0, 0.05) is 55.8 Å². The zero-order valence-electron chi connectivity index (χ0n) is 31.3. The summed E-state index contributed by atoms with van der Waals surface area (Å²) in [5, 5.41) is 0. The largest absolute Gasteiger partial charge is 0.493 e. The maximum Gasteiger partial charge on any atom is 0.412 e. The zero-order valence-corrected chi connectivity index (χ0v) is 31.3. The Morgan fingerprint density at radius 3 is 2.40 bits per heavy atom. The van der Waals surface area contributed by atoms with Crippen molar-refractivity contribution in [3.63, 3.8) is 0 Å². The number of primary amides is 1. The number of carbonyl (C=O) groups is 3. The van der Waals surface area contributed by atoms with E-state index in [0.717, 1.165) is 24.0 Å². The molecule has 2 aromatic rings. The van der Waals surface area contributed by atoms with Crippen LogP contribution in [0.4, 0.5) is 4.79 Å². The topological polar surface area (TPSA) is 140 Å². The van der Waals surface area contributed by atoms with Gasteiger partial charge in [-0.15, -0.1) is 0 Å². The molecule has 1 aromatic carbocycles. The van der Waals surface area contributed by atoms with Gasteiger partial charge in [0.1, 0.15) is 19.1 Å². The lowest BCUT2D eigenvalue weighted by Crippen LogP contribution is -2.43. The van der Waals surface area contributed by atoms with Gasteiger partial charge in [-0.3, -0.25) is 19.5 Å². The summed E-state index contributed by atoms with van der Waals surface area (Å²) in [5.41, 5.74) is 6.70. The van der Waals surface area contributed by atoms with Gasteiger partial charge in [-0.2, -0.15) is 0 Å². The van der Waals surface area contributed by atoms with E-state index in [1.165, 1.54) is 0 Å². The quantitative estimate of drug-likeness (QED) is 0.143. The number of carbonyl (C=O) groups excluding carboxylic acids is 3. The van der Waals surface area contributed by atoms with Gasteiger partial charge in [-0.05, 0) is 67.2 Å². The number of pyridine rings is 1. The number of benzene rings is 1. The lowest BCUT2D eigenvalue weighted by Gasteiger charge is -2.33. The maximum absolute atomic E-state index is 13.6. The zero-order chi connectivity index (χ0) is 36.8. The molecule has 1 fully saturated rings. The fourth-order valence-corrected chi connectivity index (χ4v) is 6.31. The summed E-state index contributed by atoms with van der Waals surface area (Å²) in [5.74, 6) is 1.17. The number of hydrogen-bond acceptors (Lipinski definition) is 9. The summed E-state index contributed by atoms with van der Waals surface area (Å²) < 4.78 is 28.9. The van der Waals surface area contributed by atoms with Crippen LogP contribution in [0, 0.1) is 29.1 Å². The van der Waals surface area contributed by atoms with E-state index in [1.54, 1.807) is 51.4 Å². The minimum Gasteiger partial charge on any atom is -0.493 e. The molecule has 50 heavy (non-hydrogen) atoms. The second-order valence-corrected chi connectivity index (χ2v) is 14.7. The molecule has 2 amide bonds. The first-order valence-electron chi connectivity index (χ1n) is 17.8. The van der Waals surface area contributed by atoms with Crippen LogP contribution in [0.3, 0.4) is 0 Å². The second kappa shape index (κ2) is 19.6. The number of aromatic nitrogens is 1. The molecule has 0 unspecified atom stereocenters. The van der Waals surface area contributed by atoms with E-state index in [4.69, 9.17) is 29.4 Å². The van der Waals surface area contributed by atoms with Gasteiger partial charge in [-0.25, -0.2) is 4.79 Å². The molecule has 1 aliphatic heterocycles. The Labute approximate surface area is 298 Å². The van der Waals surface area contributed by atoms with Crippen LogP contribution in [0.2, 0.25) is 0 Å². The van der Waals surface area contributed by atoms with Crippen molar-refractivity contribution in [2.45, 2.75) is 98.8 Å². The van der Waals surface area contributed by atoms with Gasteiger partial charge in [-0.1, -0.05) is 53.7 Å². The normalized spacial score (nSPS) is 17.5. The summed E-state index contributed by atoms with van der Waals surface area (Å²) >= 11 is 0. The summed E-state index contributed by atoms with van der Waals surface area (Å²) in [6.45, 7) is 13.2. The number of Topliss-reactive ketones (excluding diaryl/α,β-unsaturated/α-hetero) is 1. The number of hydrogen-bond donors (Lipinski definition) is 1. The first kappa shape index (κ1) is 40.7. The second-order valence-electron chi connectivity index (χ2n) is 14.7. The van der Waals surface area contributed by atoms with Gasteiger partial charge in [0.2, 0.25) is 5.91 Å². The van der Waals surface area contributed by atoms with Crippen molar-refractivity contribution in [2.75, 3.05) is 34.2 Å². The molecular formula is C39H59N3O8. The van der Waals surface area contributed by atoms with Crippen LogP contribution < -0.4 is 15.2 Å². The van der Waals surface area contributed by atoms with Crippen LogP contribution in [0.25, 0.3) is 0 Å². The molecule has 3 rings (SSSR count). The number of ketones is 1. The first-order valence-corrected chi connectivity index (χ1v) is 17.8. The highest BCUT2D eigenvalue weighted by Crippen LogP contribution is 2.36. The highest BCUT2D eigenvalue weighted by Gasteiger charge is 2.43. The minimum absolute atomic E-state index is 0.0394. The molecular weight excluding hydrogens is 638 g/mol. The predicted molar refractivity (Wildman–Crippen MR) is 192 cm³/mol. The van der Waals surface area contributed by atoms with Crippen molar-refractivity contribution in [3.8, 4) is 11.5 Å². The molecule has 1 saturated heterocycles. The van der Waals surface area contributed by atoms with Crippen LogP contribution in [-0.2, 0) is 36.8 Å². The van der Waals surface area contributed by atoms with Gasteiger partial charge >= 0.3 is 6.09 Å².